The highest BCUT2D eigenvalue weighted by Gasteiger charge is 2.30. The zero-order chi connectivity index (χ0) is 27.8. The normalized spacial score (nSPS) is 13.6. The summed E-state index contributed by atoms with van der Waals surface area (Å²) in [4.78, 5) is 25.2. The zero-order valence-electron chi connectivity index (χ0n) is 21.1. The van der Waals surface area contributed by atoms with E-state index in [1.807, 2.05) is 0 Å². The maximum absolute atomic E-state index is 12.9. The van der Waals surface area contributed by atoms with Crippen molar-refractivity contribution in [2.24, 2.45) is 0 Å². The Bertz CT molecular complexity index is 1360. The van der Waals surface area contributed by atoms with Crippen LogP contribution < -0.4 is 25.8 Å². The number of phenolic OH excluding ortho intramolecular Hbond substituents is 1. The lowest BCUT2D eigenvalue weighted by molar-refractivity contribution is -0.111. The number of hydrogen-bond donors (Lipinski definition) is 4. The summed E-state index contributed by atoms with van der Waals surface area (Å²) in [5.74, 6) is 0.702. The molecule has 2 amide bonds. The average Bonchev–Trinajstić information content (AvgIpc) is 3.38. The zero-order valence-corrected chi connectivity index (χ0v) is 22.6. The molecule has 0 spiro atoms. The van der Waals surface area contributed by atoms with Gasteiger partial charge in [-0.05, 0) is 61.4 Å². The number of allylic oxidation sites excluding steroid dienone is 1. The monoisotopic (exact) mass is 597 g/mol. The first-order valence-electron chi connectivity index (χ1n) is 12.0. The molecule has 204 valence electrons. The van der Waals surface area contributed by atoms with E-state index in [1.165, 1.54) is 19.3 Å². The Morgan fingerprint density at radius 1 is 1.10 bits per heavy atom. The number of nitrogen functional groups attached to an aromatic ring is 1. The lowest BCUT2D eigenvalue weighted by Gasteiger charge is -2.27. The molecule has 0 saturated heterocycles. The molecule has 11 heteroatoms. The van der Waals surface area contributed by atoms with Gasteiger partial charge in [-0.25, -0.2) is 4.79 Å². The van der Waals surface area contributed by atoms with Crippen LogP contribution in [-0.4, -0.2) is 37.1 Å². The molecule has 0 unspecified atom stereocenters. The van der Waals surface area contributed by atoms with E-state index < -0.39 is 18.3 Å². The number of benzene rings is 3. The van der Waals surface area contributed by atoms with E-state index in [9.17, 15) is 14.7 Å². The number of rotatable bonds is 10. The molecule has 0 saturated carbocycles. The molecule has 10 nitrogen and oxygen atoms in total. The summed E-state index contributed by atoms with van der Waals surface area (Å²) in [5.41, 5.74) is 7.66. The van der Waals surface area contributed by atoms with Crippen molar-refractivity contribution in [1.29, 1.82) is 0 Å². The van der Waals surface area contributed by atoms with Crippen LogP contribution in [0.25, 0.3) is 0 Å². The van der Waals surface area contributed by atoms with Gasteiger partial charge in [-0.1, -0.05) is 34.1 Å². The Labute approximate surface area is 233 Å². The lowest BCUT2D eigenvalue weighted by Crippen LogP contribution is -2.28. The first-order chi connectivity index (χ1) is 18.8. The number of halogens is 1. The second-order valence-electron chi connectivity index (χ2n) is 8.55. The molecule has 3 aromatic rings. The summed E-state index contributed by atoms with van der Waals surface area (Å²) in [6.45, 7) is 0.111. The molecular weight excluding hydrogens is 570 g/mol. The molecule has 0 aliphatic carbocycles. The molecule has 39 heavy (non-hydrogen) atoms. The van der Waals surface area contributed by atoms with Crippen LogP contribution in [0, 0.1) is 0 Å². The molecule has 5 N–H and O–H groups in total. The number of nitrogens with two attached hydrogens (primary N) is 1. The van der Waals surface area contributed by atoms with Gasteiger partial charge in [-0.15, -0.1) is 0 Å². The minimum absolute atomic E-state index is 0.0588. The lowest BCUT2D eigenvalue weighted by atomic mass is 9.99. The van der Waals surface area contributed by atoms with Crippen LogP contribution in [0.15, 0.2) is 77.3 Å². The van der Waals surface area contributed by atoms with E-state index in [2.05, 4.69) is 26.6 Å². The minimum Gasteiger partial charge on any atom is -0.508 e. The summed E-state index contributed by atoms with van der Waals surface area (Å²) in [5, 5.41) is 16.0. The van der Waals surface area contributed by atoms with Crippen LogP contribution in [0.1, 0.15) is 24.5 Å². The molecule has 1 aliphatic rings. The summed E-state index contributed by atoms with van der Waals surface area (Å²) >= 11 is 3.40. The minimum atomic E-state index is -0.965. The number of para-hydroxylation sites is 2. The third-order valence-corrected chi connectivity index (χ3v) is 6.39. The van der Waals surface area contributed by atoms with Crippen LogP contribution in [0.5, 0.6) is 17.2 Å². The maximum atomic E-state index is 12.9. The fraction of sp³-hybridized carbons (Fsp3) is 0.214. The first kappa shape index (κ1) is 27.8. The van der Waals surface area contributed by atoms with E-state index in [0.717, 1.165) is 0 Å². The number of fused-ring (bicyclic) bond motifs is 1. The van der Waals surface area contributed by atoms with Crippen LogP contribution in [-0.2, 0) is 14.3 Å². The summed E-state index contributed by atoms with van der Waals surface area (Å²) in [6, 6.07) is 16.8. The average molecular weight is 598 g/mol. The van der Waals surface area contributed by atoms with Gasteiger partial charge in [0.25, 0.3) is 0 Å². The van der Waals surface area contributed by atoms with Gasteiger partial charge in [-0.3, -0.25) is 10.1 Å². The topological polar surface area (TPSA) is 141 Å². The van der Waals surface area contributed by atoms with Crippen molar-refractivity contribution in [1.82, 2.24) is 0 Å². The number of hydrogen-bond acceptors (Lipinski definition) is 8. The van der Waals surface area contributed by atoms with Crippen molar-refractivity contribution in [3.63, 3.8) is 0 Å². The highest BCUT2D eigenvalue weighted by molar-refractivity contribution is 9.10. The summed E-state index contributed by atoms with van der Waals surface area (Å²) < 4.78 is 22.8. The summed E-state index contributed by atoms with van der Waals surface area (Å²) in [7, 11) is 1.49. The van der Waals surface area contributed by atoms with Crippen LogP contribution in [0.4, 0.5) is 21.9 Å². The van der Waals surface area contributed by atoms with Gasteiger partial charge in [0.15, 0.2) is 17.6 Å². The van der Waals surface area contributed by atoms with Crippen molar-refractivity contribution in [3.8, 4) is 17.2 Å². The van der Waals surface area contributed by atoms with Gasteiger partial charge in [0.1, 0.15) is 5.75 Å². The Morgan fingerprint density at radius 3 is 2.69 bits per heavy atom. The quantitative estimate of drug-likeness (QED) is 0.171. The predicted octanol–water partition coefficient (Wildman–Crippen LogP) is 5.75. The molecule has 2 atom stereocenters. The van der Waals surface area contributed by atoms with Crippen LogP contribution >= 0.6 is 15.9 Å². The van der Waals surface area contributed by atoms with Gasteiger partial charge < -0.3 is 35.1 Å². The SMILES string of the molecule is CO[C@@H](CC/C=C/C(=O)Nc1ccccc1N)[C@@H](OC(=O)Nc1ccc2c(c1)OCO2)c1cc(Br)ccc1O. The second kappa shape index (κ2) is 13.0. The van der Waals surface area contributed by atoms with Crippen molar-refractivity contribution >= 4 is 45.0 Å². The third-order valence-electron chi connectivity index (χ3n) is 5.90. The summed E-state index contributed by atoms with van der Waals surface area (Å²) in [6.07, 6.45) is 1.52. The maximum Gasteiger partial charge on any atom is 0.412 e. The Kier molecular flexibility index (Phi) is 9.29. The van der Waals surface area contributed by atoms with E-state index in [4.69, 9.17) is 24.7 Å². The fourth-order valence-corrected chi connectivity index (χ4v) is 4.34. The molecule has 1 aliphatic heterocycles. The number of carbonyl (C=O) groups excluding carboxylic acids is 2. The number of carbonyl (C=O) groups is 2. The number of ether oxygens (including phenoxy) is 4. The van der Waals surface area contributed by atoms with Gasteiger partial charge in [0.05, 0.1) is 17.5 Å². The standard InChI is InChI=1S/C28H28BrN3O7/c1-36-24(8-4-5-9-26(34)32-21-7-3-2-6-20(21)30)27(19-14-17(29)10-12-22(19)33)39-28(35)31-18-11-13-23-25(15-18)38-16-37-23/h2-3,5-7,9-15,24,27,33H,4,8,16,30H2,1H3,(H,31,35)(H,32,34)/b9-5+/t24-,27-/m0/s1. The highest BCUT2D eigenvalue weighted by Crippen LogP contribution is 2.36. The van der Waals surface area contributed by atoms with Crippen LogP contribution in [0.3, 0.4) is 0 Å². The van der Waals surface area contributed by atoms with Gasteiger partial charge in [-0.2, -0.15) is 0 Å². The van der Waals surface area contributed by atoms with Crippen molar-refractivity contribution < 1.29 is 33.6 Å². The Morgan fingerprint density at radius 2 is 1.90 bits per heavy atom. The molecule has 0 radical (unpaired) electrons. The molecular formula is C28H28BrN3O7. The number of anilines is 3. The molecule has 4 rings (SSSR count). The van der Waals surface area contributed by atoms with E-state index in [-0.39, 0.29) is 18.4 Å². The van der Waals surface area contributed by atoms with E-state index in [0.29, 0.717) is 51.4 Å². The van der Waals surface area contributed by atoms with Gasteiger partial charge >= 0.3 is 6.09 Å². The third kappa shape index (κ3) is 7.43. The smallest absolute Gasteiger partial charge is 0.412 e. The molecule has 0 fully saturated rings. The molecule has 1 heterocycles. The van der Waals surface area contributed by atoms with E-state index >= 15 is 0 Å². The predicted molar refractivity (Wildman–Crippen MR) is 150 cm³/mol. The van der Waals surface area contributed by atoms with Crippen molar-refractivity contribution in [2.75, 3.05) is 30.3 Å². The van der Waals surface area contributed by atoms with Crippen LogP contribution in [0.2, 0.25) is 0 Å². The number of nitrogens with one attached hydrogen (secondary N) is 2. The number of aromatic hydroxyl groups is 1. The van der Waals surface area contributed by atoms with Crippen molar-refractivity contribution in [2.45, 2.75) is 25.0 Å². The number of amides is 2. The first-order valence-corrected chi connectivity index (χ1v) is 12.8. The largest absolute Gasteiger partial charge is 0.508 e. The van der Waals surface area contributed by atoms with Gasteiger partial charge in [0.2, 0.25) is 12.7 Å². The van der Waals surface area contributed by atoms with Crippen molar-refractivity contribution in [3.05, 3.63) is 82.9 Å². The second-order valence-corrected chi connectivity index (χ2v) is 9.47. The Hall–Kier alpha value is -4.22. The molecule has 0 aromatic heterocycles. The van der Waals surface area contributed by atoms with Gasteiger partial charge in [0, 0.05) is 28.9 Å². The Balaban J connectivity index is 1.43. The number of phenols is 1. The highest BCUT2D eigenvalue weighted by atomic mass is 79.9. The molecule has 0 bridgehead atoms. The number of methoxy groups -OCH3 is 1. The van der Waals surface area contributed by atoms with E-state index in [1.54, 1.807) is 60.7 Å². The molecule has 3 aromatic carbocycles. The fourth-order valence-electron chi connectivity index (χ4n) is 3.96.